The molecule has 2 heterocycles. The molecule has 0 fully saturated rings. The standard InChI is InChI=1S/C15H13ClFN3/c16-11-6-8-20-13(5-7-18)15(19-14(20)9-11)10-1-3-12(17)4-2-10/h1-4,6,8-9H,5,7,18H2. The molecule has 102 valence electrons. The number of imidazole rings is 1. The Morgan fingerprint density at radius 1 is 1.20 bits per heavy atom. The number of hydrogen-bond donors (Lipinski definition) is 1. The smallest absolute Gasteiger partial charge is 0.139 e. The van der Waals surface area contributed by atoms with E-state index < -0.39 is 0 Å². The molecule has 2 N–H and O–H groups in total. The summed E-state index contributed by atoms with van der Waals surface area (Å²) in [6, 6.07) is 9.91. The van der Waals surface area contributed by atoms with Gasteiger partial charge in [-0.1, -0.05) is 11.6 Å². The largest absolute Gasteiger partial charge is 0.330 e. The number of aromatic nitrogens is 2. The van der Waals surface area contributed by atoms with Gasteiger partial charge in [0.15, 0.2) is 0 Å². The minimum atomic E-state index is -0.263. The molecule has 20 heavy (non-hydrogen) atoms. The fourth-order valence-electron chi connectivity index (χ4n) is 2.29. The van der Waals surface area contributed by atoms with Crippen molar-refractivity contribution in [3.8, 4) is 11.3 Å². The summed E-state index contributed by atoms with van der Waals surface area (Å²) in [6.07, 6.45) is 2.57. The first-order valence-corrected chi connectivity index (χ1v) is 6.69. The Balaban J connectivity index is 2.22. The van der Waals surface area contributed by atoms with Crippen molar-refractivity contribution >= 4 is 17.2 Å². The summed E-state index contributed by atoms with van der Waals surface area (Å²) in [5.41, 5.74) is 9.14. The van der Waals surface area contributed by atoms with Crippen LogP contribution in [0.2, 0.25) is 5.02 Å². The second-order valence-electron chi connectivity index (χ2n) is 4.53. The molecule has 0 unspecified atom stereocenters. The lowest BCUT2D eigenvalue weighted by molar-refractivity contribution is 0.628. The third-order valence-corrected chi connectivity index (χ3v) is 3.42. The maximum Gasteiger partial charge on any atom is 0.139 e. The number of fused-ring (bicyclic) bond motifs is 1. The van der Waals surface area contributed by atoms with Crippen molar-refractivity contribution in [2.24, 2.45) is 5.73 Å². The van der Waals surface area contributed by atoms with E-state index in [-0.39, 0.29) is 5.82 Å². The summed E-state index contributed by atoms with van der Waals surface area (Å²) in [5.74, 6) is -0.263. The van der Waals surface area contributed by atoms with Crippen molar-refractivity contribution in [1.29, 1.82) is 0 Å². The molecule has 5 heteroatoms. The van der Waals surface area contributed by atoms with Crippen molar-refractivity contribution in [2.75, 3.05) is 6.54 Å². The number of benzene rings is 1. The van der Waals surface area contributed by atoms with E-state index in [2.05, 4.69) is 4.98 Å². The van der Waals surface area contributed by atoms with Crippen molar-refractivity contribution < 1.29 is 4.39 Å². The minimum Gasteiger partial charge on any atom is -0.330 e. The SMILES string of the molecule is NCCc1c(-c2ccc(F)cc2)nc2cc(Cl)ccn12. The number of hydrogen-bond acceptors (Lipinski definition) is 2. The van der Waals surface area contributed by atoms with Gasteiger partial charge in [-0.15, -0.1) is 0 Å². The Hall–Kier alpha value is -1.91. The summed E-state index contributed by atoms with van der Waals surface area (Å²) in [4.78, 5) is 4.59. The van der Waals surface area contributed by atoms with Gasteiger partial charge in [-0.3, -0.25) is 0 Å². The molecule has 0 saturated heterocycles. The Morgan fingerprint density at radius 3 is 2.65 bits per heavy atom. The van der Waals surface area contributed by atoms with Gasteiger partial charge >= 0.3 is 0 Å². The molecule has 3 rings (SSSR count). The van der Waals surface area contributed by atoms with Gasteiger partial charge in [-0.2, -0.15) is 0 Å². The third-order valence-electron chi connectivity index (χ3n) is 3.19. The lowest BCUT2D eigenvalue weighted by Gasteiger charge is -2.04. The normalized spacial score (nSPS) is 11.2. The third kappa shape index (κ3) is 2.28. The van der Waals surface area contributed by atoms with E-state index in [9.17, 15) is 4.39 Å². The topological polar surface area (TPSA) is 43.3 Å². The van der Waals surface area contributed by atoms with E-state index in [1.54, 1.807) is 18.2 Å². The first kappa shape index (κ1) is 13.1. The molecule has 0 aliphatic rings. The van der Waals surface area contributed by atoms with Gasteiger partial charge in [0.25, 0.3) is 0 Å². The molecule has 0 bridgehead atoms. The van der Waals surface area contributed by atoms with Crippen LogP contribution in [0.4, 0.5) is 4.39 Å². The first-order chi connectivity index (χ1) is 9.69. The van der Waals surface area contributed by atoms with Gasteiger partial charge in [0.1, 0.15) is 11.5 Å². The summed E-state index contributed by atoms with van der Waals surface area (Å²) in [5, 5.41) is 0.632. The molecule has 0 atom stereocenters. The van der Waals surface area contributed by atoms with Gasteiger partial charge in [0, 0.05) is 29.3 Å². The lowest BCUT2D eigenvalue weighted by atomic mass is 10.1. The van der Waals surface area contributed by atoms with Crippen LogP contribution >= 0.6 is 11.6 Å². The van der Waals surface area contributed by atoms with E-state index >= 15 is 0 Å². The van der Waals surface area contributed by atoms with Gasteiger partial charge < -0.3 is 10.1 Å². The van der Waals surface area contributed by atoms with Crippen LogP contribution < -0.4 is 5.73 Å². The number of nitrogens with zero attached hydrogens (tertiary/aromatic N) is 2. The summed E-state index contributed by atoms with van der Waals surface area (Å²) >= 11 is 6.00. The molecule has 0 amide bonds. The van der Waals surface area contributed by atoms with E-state index in [0.717, 1.165) is 22.6 Å². The molecule has 0 aliphatic carbocycles. The van der Waals surface area contributed by atoms with Gasteiger partial charge in [0.05, 0.1) is 11.4 Å². The average molecular weight is 290 g/mol. The minimum absolute atomic E-state index is 0.263. The van der Waals surface area contributed by atoms with Crippen molar-refractivity contribution in [3.63, 3.8) is 0 Å². The molecule has 1 aromatic carbocycles. The average Bonchev–Trinajstić information content (AvgIpc) is 2.78. The molecule has 3 nitrogen and oxygen atoms in total. The van der Waals surface area contributed by atoms with Crippen LogP contribution in [0.3, 0.4) is 0 Å². The fraction of sp³-hybridized carbons (Fsp3) is 0.133. The Kier molecular flexibility index (Phi) is 3.42. The predicted octanol–water partition coefficient (Wildman–Crippen LogP) is 3.30. The summed E-state index contributed by atoms with van der Waals surface area (Å²) in [7, 11) is 0. The maximum atomic E-state index is 13.0. The van der Waals surface area contributed by atoms with E-state index in [1.807, 2.05) is 16.7 Å². The molecule has 0 radical (unpaired) electrons. The number of nitrogens with two attached hydrogens (primary N) is 1. The Bertz CT molecular complexity index is 750. The van der Waals surface area contributed by atoms with Crippen molar-refractivity contribution in [1.82, 2.24) is 9.38 Å². The Labute approximate surface area is 120 Å². The predicted molar refractivity (Wildman–Crippen MR) is 78.4 cm³/mol. The van der Waals surface area contributed by atoms with Crippen LogP contribution in [0, 0.1) is 5.82 Å². The molecule has 2 aromatic heterocycles. The molecule has 3 aromatic rings. The first-order valence-electron chi connectivity index (χ1n) is 6.31. The van der Waals surface area contributed by atoms with Crippen LogP contribution in [-0.2, 0) is 6.42 Å². The van der Waals surface area contributed by atoms with Gasteiger partial charge in [0.2, 0.25) is 0 Å². The number of halogens is 2. The number of rotatable bonds is 3. The van der Waals surface area contributed by atoms with Crippen LogP contribution in [-0.4, -0.2) is 15.9 Å². The highest BCUT2D eigenvalue weighted by Gasteiger charge is 2.13. The highest BCUT2D eigenvalue weighted by atomic mass is 35.5. The lowest BCUT2D eigenvalue weighted by Crippen LogP contribution is -2.06. The Morgan fingerprint density at radius 2 is 1.95 bits per heavy atom. The van der Waals surface area contributed by atoms with E-state index in [0.29, 0.717) is 18.0 Å². The van der Waals surface area contributed by atoms with Crippen LogP contribution in [0.1, 0.15) is 5.69 Å². The summed E-state index contributed by atoms with van der Waals surface area (Å²) < 4.78 is 15.0. The maximum absolute atomic E-state index is 13.0. The summed E-state index contributed by atoms with van der Waals surface area (Å²) in [6.45, 7) is 0.518. The highest BCUT2D eigenvalue weighted by molar-refractivity contribution is 6.30. The molecular formula is C15H13ClFN3. The molecule has 0 saturated carbocycles. The van der Waals surface area contributed by atoms with Crippen molar-refractivity contribution in [3.05, 3.63) is 59.1 Å². The van der Waals surface area contributed by atoms with Crippen LogP contribution in [0.25, 0.3) is 16.9 Å². The molecule has 0 spiro atoms. The fourth-order valence-corrected chi connectivity index (χ4v) is 2.44. The zero-order valence-electron chi connectivity index (χ0n) is 10.7. The van der Waals surface area contributed by atoms with Gasteiger partial charge in [-0.25, -0.2) is 9.37 Å². The zero-order valence-corrected chi connectivity index (χ0v) is 11.4. The quantitative estimate of drug-likeness (QED) is 0.804. The van der Waals surface area contributed by atoms with Crippen LogP contribution in [0.15, 0.2) is 42.6 Å². The van der Waals surface area contributed by atoms with Crippen LogP contribution in [0.5, 0.6) is 0 Å². The second-order valence-corrected chi connectivity index (χ2v) is 4.96. The zero-order chi connectivity index (χ0) is 14.1. The van der Waals surface area contributed by atoms with Gasteiger partial charge in [-0.05, 0) is 36.9 Å². The second kappa shape index (κ2) is 5.23. The van der Waals surface area contributed by atoms with E-state index in [1.165, 1.54) is 12.1 Å². The number of pyridine rings is 1. The molecular weight excluding hydrogens is 277 g/mol. The highest BCUT2D eigenvalue weighted by Crippen LogP contribution is 2.26. The molecule has 0 aliphatic heterocycles. The van der Waals surface area contributed by atoms with E-state index in [4.69, 9.17) is 17.3 Å². The van der Waals surface area contributed by atoms with Crippen molar-refractivity contribution in [2.45, 2.75) is 6.42 Å². The monoisotopic (exact) mass is 289 g/mol.